The second-order valence-corrected chi connectivity index (χ2v) is 7.71. The predicted octanol–water partition coefficient (Wildman–Crippen LogP) is 7.62. The predicted molar refractivity (Wildman–Crippen MR) is 127 cm³/mol. The molecule has 0 saturated carbocycles. The number of alkyl halides is 3. The smallest absolute Gasteiger partial charge is 0.421 e. The Hall–Kier alpha value is -2.61. The molecule has 0 atom stereocenters. The van der Waals surface area contributed by atoms with E-state index < -0.39 is 17.8 Å². The van der Waals surface area contributed by atoms with Crippen molar-refractivity contribution in [1.82, 2.24) is 10.5 Å². The quantitative estimate of drug-likeness (QED) is 0.193. The van der Waals surface area contributed by atoms with Crippen molar-refractivity contribution in [3.05, 3.63) is 64.3 Å². The summed E-state index contributed by atoms with van der Waals surface area (Å²) in [5, 5.41) is 9.28. The number of hydroxylamine groups is 1. The Morgan fingerprint density at radius 1 is 1.09 bits per heavy atom. The highest BCUT2D eigenvalue weighted by atomic mass is 19.4. The first-order chi connectivity index (χ1) is 15.3. The van der Waals surface area contributed by atoms with Crippen molar-refractivity contribution in [3.63, 3.8) is 0 Å². The van der Waals surface area contributed by atoms with Gasteiger partial charge in [0.15, 0.2) is 5.76 Å². The zero-order chi connectivity index (χ0) is 26.4. The lowest BCUT2D eigenvalue weighted by Gasteiger charge is -2.15. The molecule has 0 radical (unpaired) electrons. The van der Waals surface area contributed by atoms with Crippen LogP contribution in [0.4, 0.5) is 13.2 Å². The van der Waals surface area contributed by atoms with Gasteiger partial charge in [-0.3, -0.25) is 10.7 Å². The molecule has 0 aliphatic carbocycles. The summed E-state index contributed by atoms with van der Waals surface area (Å²) >= 11 is 0. The van der Waals surface area contributed by atoms with Crippen LogP contribution < -0.4 is 5.48 Å². The van der Waals surface area contributed by atoms with Crippen molar-refractivity contribution >= 4 is 5.97 Å². The molecule has 0 aromatic carbocycles. The number of halogens is 3. The number of rotatable bonds is 6. The lowest BCUT2D eigenvalue weighted by Crippen LogP contribution is -2.17. The van der Waals surface area contributed by atoms with Crippen LogP contribution in [0.15, 0.2) is 47.4 Å². The Balaban J connectivity index is 0. The van der Waals surface area contributed by atoms with Gasteiger partial charge in [-0.25, -0.2) is 9.78 Å². The van der Waals surface area contributed by atoms with E-state index in [4.69, 9.17) is 4.74 Å². The fraction of sp³-hybridized carbons (Fsp3) is 0.520. The van der Waals surface area contributed by atoms with Gasteiger partial charge in [-0.1, -0.05) is 60.6 Å². The topological polar surface area (TPSA) is 71.5 Å². The Bertz CT molecular complexity index is 822. The van der Waals surface area contributed by atoms with Gasteiger partial charge < -0.3 is 4.74 Å². The van der Waals surface area contributed by atoms with E-state index in [0.717, 1.165) is 23.6 Å². The number of aryl methyl sites for hydroxylation is 1. The standard InChI is InChI=1S/C19H23F3N2O3.C4H10.C2H6/c1-6-13(11(3)4)10-16(15(7-2)24-26)27-18(25)14-8-9-17(19(20,21)22)23-12(14)5;1-4(2)3;1-2/h6-11,24,26H,1-5H3;4H,1-3H3;1-2H3/b13-6+,15-7+,16-10+;;. The highest BCUT2D eigenvalue weighted by molar-refractivity contribution is 5.91. The second-order valence-electron chi connectivity index (χ2n) is 7.71. The van der Waals surface area contributed by atoms with E-state index in [1.807, 2.05) is 46.2 Å². The van der Waals surface area contributed by atoms with E-state index in [9.17, 15) is 23.2 Å². The molecule has 0 aliphatic heterocycles. The third-order valence-electron chi connectivity index (χ3n) is 3.77. The van der Waals surface area contributed by atoms with Crippen LogP contribution in [0.5, 0.6) is 0 Å². The number of allylic oxidation sites excluding steroid dienone is 4. The molecule has 5 nitrogen and oxygen atoms in total. The van der Waals surface area contributed by atoms with Crippen LogP contribution in [0, 0.1) is 18.8 Å². The van der Waals surface area contributed by atoms with Crippen LogP contribution in [0.2, 0.25) is 0 Å². The van der Waals surface area contributed by atoms with Gasteiger partial charge in [0.25, 0.3) is 0 Å². The first-order valence-corrected chi connectivity index (χ1v) is 11.0. The summed E-state index contributed by atoms with van der Waals surface area (Å²) in [6, 6.07) is 1.74. The molecule has 1 aromatic rings. The number of hydrogen-bond donors (Lipinski definition) is 2. The number of carbonyl (C=O) groups excluding carboxylic acids is 1. The monoisotopic (exact) mass is 472 g/mol. The summed E-state index contributed by atoms with van der Waals surface area (Å²) in [7, 11) is 0. The summed E-state index contributed by atoms with van der Waals surface area (Å²) < 4.78 is 43.5. The number of ether oxygens (including phenoxy) is 1. The van der Waals surface area contributed by atoms with Crippen molar-refractivity contribution in [1.29, 1.82) is 0 Å². The molecule has 0 bridgehead atoms. The average molecular weight is 473 g/mol. The molecule has 1 heterocycles. The van der Waals surface area contributed by atoms with Crippen molar-refractivity contribution in [3.8, 4) is 0 Å². The van der Waals surface area contributed by atoms with E-state index in [1.54, 1.807) is 13.0 Å². The molecule has 33 heavy (non-hydrogen) atoms. The van der Waals surface area contributed by atoms with Gasteiger partial charge >= 0.3 is 12.1 Å². The molecule has 188 valence electrons. The number of aromatic nitrogens is 1. The highest BCUT2D eigenvalue weighted by Crippen LogP contribution is 2.28. The van der Waals surface area contributed by atoms with Crippen LogP contribution in [-0.4, -0.2) is 16.2 Å². The molecule has 1 aromatic heterocycles. The molecule has 0 unspecified atom stereocenters. The minimum Gasteiger partial charge on any atom is -0.421 e. The summed E-state index contributed by atoms with van der Waals surface area (Å²) in [5.41, 5.74) is 1.63. The number of hydrogen-bond acceptors (Lipinski definition) is 5. The van der Waals surface area contributed by atoms with E-state index in [0.29, 0.717) is 0 Å². The summed E-state index contributed by atoms with van der Waals surface area (Å²) in [5.74, 6) is 0.106. The van der Waals surface area contributed by atoms with Crippen LogP contribution >= 0.6 is 0 Å². The maximum atomic E-state index is 12.7. The fourth-order valence-electron chi connectivity index (χ4n) is 2.25. The van der Waals surface area contributed by atoms with Crippen LogP contribution in [0.25, 0.3) is 0 Å². The number of carbonyl (C=O) groups is 1. The zero-order valence-corrected chi connectivity index (χ0v) is 21.4. The minimum atomic E-state index is -4.60. The van der Waals surface area contributed by atoms with Gasteiger partial charge in [-0.15, -0.1) is 0 Å². The van der Waals surface area contributed by atoms with Gasteiger partial charge in [0.05, 0.1) is 17.0 Å². The van der Waals surface area contributed by atoms with E-state index in [-0.39, 0.29) is 28.6 Å². The molecule has 0 aliphatic rings. The third-order valence-corrected chi connectivity index (χ3v) is 3.77. The number of esters is 1. The second kappa shape index (κ2) is 16.1. The van der Waals surface area contributed by atoms with Gasteiger partial charge in [0.2, 0.25) is 0 Å². The Kier molecular flexibility index (Phi) is 15.9. The fourth-order valence-corrected chi connectivity index (χ4v) is 2.25. The van der Waals surface area contributed by atoms with Gasteiger partial charge in [-0.05, 0) is 56.4 Å². The molecular weight excluding hydrogens is 433 g/mol. The largest absolute Gasteiger partial charge is 0.433 e. The van der Waals surface area contributed by atoms with Crippen molar-refractivity contribution in [2.75, 3.05) is 0 Å². The molecular formula is C25H39F3N2O3. The van der Waals surface area contributed by atoms with Crippen LogP contribution in [0.1, 0.15) is 84.1 Å². The molecule has 2 N–H and O–H groups in total. The van der Waals surface area contributed by atoms with Crippen molar-refractivity contribution in [2.24, 2.45) is 11.8 Å². The first-order valence-electron chi connectivity index (χ1n) is 11.0. The number of nitrogens with zero attached hydrogens (tertiary/aromatic N) is 1. The lowest BCUT2D eigenvalue weighted by molar-refractivity contribution is -0.141. The van der Waals surface area contributed by atoms with Crippen molar-refractivity contribution in [2.45, 2.75) is 75.4 Å². The lowest BCUT2D eigenvalue weighted by atomic mass is 10.0. The van der Waals surface area contributed by atoms with Crippen LogP contribution in [-0.2, 0) is 10.9 Å². The highest BCUT2D eigenvalue weighted by Gasteiger charge is 2.33. The van der Waals surface area contributed by atoms with E-state index in [1.165, 1.54) is 13.0 Å². The number of pyridine rings is 1. The Morgan fingerprint density at radius 2 is 1.61 bits per heavy atom. The van der Waals surface area contributed by atoms with Gasteiger partial charge in [0.1, 0.15) is 5.69 Å². The van der Waals surface area contributed by atoms with Crippen LogP contribution in [0.3, 0.4) is 0 Å². The Labute approximate surface area is 196 Å². The van der Waals surface area contributed by atoms with E-state index >= 15 is 0 Å². The molecule has 0 saturated heterocycles. The maximum absolute atomic E-state index is 12.7. The molecule has 1 rings (SSSR count). The van der Waals surface area contributed by atoms with E-state index in [2.05, 4.69) is 25.8 Å². The summed E-state index contributed by atoms with van der Waals surface area (Å²) in [6.45, 7) is 19.1. The summed E-state index contributed by atoms with van der Waals surface area (Å²) in [6.07, 6.45) is 0.294. The number of nitrogens with one attached hydrogen (secondary N) is 1. The van der Waals surface area contributed by atoms with Crippen molar-refractivity contribution < 1.29 is 27.9 Å². The zero-order valence-electron chi connectivity index (χ0n) is 21.4. The molecule has 8 heteroatoms. The summed E-state index contributed by atoms with van der Waals surface area (Å²) in [4.78, 5) is 15.9. The molecule has 0 spiro atoms. The SMILES string of the molecule is CC.CC(C)C.C\C=C(/C=C(OC(=O)c1ccc(C(F)(F)F)nc1C)\C(=C/C)NO)C(C)C. The average Bonchev–Trinajstić information content (AvgIpc) is 2.72. The first kappa shape index (κ1) is 32.6. The molecule has 0 amide bonds. The Morgan fingerprint density at radius 3 is 1.94 bits per heavy atom. The molecule has 0 fully saturated rings. The minimum absolute atomic E-state index is 0.0334. The third kappa shape index (κ3) is 12.3. The van der Waals surface area contributed by atoms with Gasteiger partial charge in [0, 0.05) is 0 Å². The maximum Gasteiger partial charge on any atom is 0.433 e. The van der Waals surface area contributed by atoms with Gasteiger partial charge in [-0.2, -0.15) is 13.2 Å². The normalized spacial score (nSPS) is 12.5.